The predicted octanol–water partition coefficient (Wildman–Crippen LogP) is 3.36. The maximum absolute atomic E-state index is 13.2. The molecule has 0 saturated heterocycles. The molecular formula is C15H11F3O4S. The first-order valence-corrected chi connectivity index (χ1v) is 7.78. The van der Waals surface area contributed by atoms with Crippen molar-refractivity contribution in [2.45, 2.75) is 17.5 Å². The molecule has 122 valence electrons. The van der Waals surface area contributed by atoms with Gasteiger partial charge in [0.2, 0.25) is 0 Å². The summed E-state index contributed by atoms with van der Waals surface area (Å²) >= 11 is 0. The number of halogens is 3. The summed E-state index contributed by atoms with van der Waals surface area (Å²) in [4.78, 5) is 9.57. The number of rotatable bonds is 4. The van der Waals surface area contributed by atoms with E-state index in [1.807, 2.05) is 0 Å². The predicted molar refractivity (Wildman–Crippen MR) is 75.9 cm³/mol. The Bertz CT molecular complexity index is 828. The van der Waals surface area contributed by atoms with E-state index < -0.39 is 32.3 Å². The second kappa shape index (κ2) is 6.13. The molecule has 0 radical (unpaired) electrons. The van der Waals surface area contributed by atoms with Crippen LogP contribution in [0.2, 0.25) is 0 Å². The smallest absolute Gasteiger partial charge is 0.298 e. The molecule has 2 aromatic rings. The minimum absolute atomic E-state index is 0.0935. The van der Waals surface area contributed by atoms with E-state index in [0.717, 1.165) is 12.1 Å². The molecule has 0 amide bonds. The lowest BCUT2D eigenvalue weighted by atomic mass is 9.99. The van der Waals surface area contributed by atoms with Crippen LogP contribution in [0.3, 0.4) is 0 Å². The highest BCUT2D eigenvalue weighted by Crippen LogP contribution is 2.38. The summed E-state index contributed by atoms with van der Waals surface area (Å²) in [6, 6.07) is 10.2. The van der Waals surface area contributed by atoms with E-state index in [1.54, 1.807) is 30.3 Å². The molecule has 23 heavy (non-hydrogen) atoms. The van der Waals surface area contributed by atoms with Crippen LogP contribution in [0.1, 0.15) is 27.0 Å². The quantitative estimate of drug-likeness (QED) is 0.682. The molecule has 0 aliphatic heterocycles. The zero-order valence-electron chi connectivity index (χ0n) is 11.5. The van der Waals surface area contributed by atoms with E-state index in [2.05, 4.69) is 0 Å². The van der Waals surface area contributed by atoms with Crippen molar-refractivity contribution >= 4 is 16.4 Å². The van der Waals surface area contributed by atoms with Crippen LogP contribution >= 0.6 is 0 Å². The fraction of sp³-hybridized carbons (Fsp3) is 0.133. The van der Waals surface area contributed by atoms with Crippen molar-refractivity contribution in [3.63, 3.8) is 0 Å². The molecule has 0 saturated carbocycles. The third-order valence-corrected chi connectivity index (χ3v) is 4.16. The Hall–Kier alpha value is -2.19. The summed E-state index contributed by atoms with van der Waals surface area (Å²) in [6.45, 7) is 0. The Kier molecular flexibility index (Phi) is 4.58. The van der Waals surface area contributed by atoms with Gasteiger partial charge in [0.15, 0.2) is 6.29 Å². The lowest BCUT2D eigenvalue weighted by molar-refractivity contribution is -0.140. The van der Waals surface area contributed by atoms with Crippen molar-refractivity contribution in [2.75, 3.05) is 0 Å². The van der Waals surface area contributed by atoms with Gasteiger partial charge in [-0.05, 0) is 17.5 Å². The zero-order valence-corrected chi connectivity index (χ0v) is 12.4. The Morgan fingerprint density at radius 1 is 1.04 bits per heavy atom. The molecule has 0 aliphatic rings. The van der Waals surface area contributed by atoms with E-state index in [4.69, 9.17) is 0 Å². The van der Waals surface area contributed by atoms with Crippen LogP contribution in [0.4, 0.5) is 13.2 Å². The van der Waals surface area contributed by atoms with Gasteiger partial charge in [-0.25, -0.2) is 0 Å². The zero-order chi connectivity index (χ0) is 17.3. The second-order valence-corrected chi connectivity index (χ2v) is 6.13. The van der Waals surface area contributed by atoms with Gasteiger partial charge >= 0.3 is 6.18 Å². The Morgan fingerprint density at radius 2 is 1.65 bits per heavy atom. The summed E-state index contributed by atoms with van der Waals surface area (Å²) in [5.74, 6) is 0. The molecule has 0 spiro atoms. The van der Waals surface area contributed by atoms with Crippen LogP contribution in [-0.4, -0.2) is 19.3 Å². The van der Waals surface area contributed by atoms with Crippen molar-refractivity contribution in [3.8, 4) is 0 Å². The highest BCUT2D eigenvalue weighted by Gasteiger charge is 2.40. The van der Waals surface area contributed by atoms with E-state index >= 15 is 0 Å². The molecule has 0 heterocycles. The molecule has 2 rings (SSSR count). The number of alkyl halides is 3. The highest BCUT2D eigenvalue weighted by molar-refractivity contribution is 7.86. The molecule has 0 unspecified atom stereocenters. The van der Waals surface area contributed by atoms with Crippen LogP contribution in [-0.2, 0) is 22.7 Å². The topological polar surface area (TPSA) is 71.4 Å². The van der Waals surface area contributed by atoms with Gasteiger partial charge in [-0.2, -0.15) is 21.6 Å². The van der Waals surface area contributed by atoms with Crippen molar-refractivity contribution in [2.24, 2.45) is 0 Å². The summed E-state index contributed by atoms with van der Waals surface area (Å²) < 4.78 is 71.9. The molecule has 8 heteroatoms. The van der Waals surface area contributed by atoms with E-state index in [1.165, 1.54) is 0 Å². The normalized spacial score (nSPS) is 12.2. The molecule has 0 bridgehead atoms. The monoisotopic (exact) mass is 344 g/mol. The van der Waals surface area contributed by atoms with Crippen molar-refractivity contribution in [3.05, 3.63) is 64.7 Å². The van der Waals surface area contributed by atoms with Crippen LogP contribution in [0, 0.1) is 0 Å². The van der Waals surface area contributed by atoms with Crippen molar-refractivity contribution < 1.29 is 30.9 Å². The largest absolute Gasteiger partial charge is 0.418 e. The lowest BCUT2D eigenvalue weighted by Crippen LogP contribution is -2.18. The number of aldehydes is 1. The van der Waals surface area contributed by atoms with Gasteiger partial charge in [0.1, 0.15) is 4.90 Å². The second-order valence-electron chi connectivity index (χ2n) is 4.77. The van der Waals surface area contributed by atoms with Gasteiger partial charge in [-0.1, -0.05) is 42.5 Å². The maximum atomic E-state index is 13.2. The van der Waals surface area contributed by atoms with Gasteiger partial charge < -0.3 is 0 Å². The van der Waals surface area contributed by atoms with E-state index in [9.17, 15) is 30.9 Å². The van der Waals surface area contributed by atoms with Crippen LogP contribution in [0.25, 0.3) is 0 Å². The SMILES string of the molecule is O=Cc1ccc(Cc2ccccc2)c(S(=O)(=O)O)c1C(F)(F)F. The van der Waals surface area contributed by atoms with Crippen LogP contribution < -0.4 is 0 Å². The summed E-state index contributed by atoms with van der Waals surface area (Å²) in [5, 5.41) is 0. The third kappa shape index (κ3) is 3.77. The highest BCUT2D eigenvalue weighted by atomic mass is 32.2. The van der Waals surface area contributed by atoms with E-state index in [-0.39, 0.29) is 18.3 Å². The number of carbonyl (C=O) groups excluding carboxylic acids is 1. The maximum Gasteiger partial charge on any atom is 0.418 e. The average molecular weight is 344 g/mol. The number of benzene rings is 2. The number of carbonyl (C=O) groups is 1. The molecule has 0 atom stereocenters. The van der Waals surface area contributed by atoms with Crippen LogP contribution in [0.15, 0.2) is 47.4 Å². The summed E-state index contributed by atoms with van der Waals surface area (Å²) in [7, 11) is -5.18. The number of hydrogen-bond donors (Lipinski definition) is 1. The van der Waals surface area contributed by atoms with E-state index in [0.29, 0.717) is 5.56 Å². The molecule has 1 N–H and O–H groups in total. The first-order chi connectivity index (χ1) is 10.6. The first-order valence-electron chi connectivity index (χ1n) is 6.34. The minimum atomic E-state index is -5.18. The third-order valence-electron chi connectivity index (χ3n) is 3.18. The molecule has 0 aromatic heterocycles. The standard InChI is InChI=1S/C15H11F3O4S/c16-15(17,18)13-12(9-19)7-6-11(14(13)23(20,21)22)8-10-4-2-1-3-5-10/h1-7,9H,8H2,(H,20,21,22). The Morgan fingerprint density at radius 3 is 2.13 bits per heavy atom. The molecule has 2 aromatic carbocycles. The van der Waals surface area contributed by atoms with Gasteiger partial charge in [-0.15, -0.1) is 0 Å². The van der Waals surface area contributed by atoms with Gasteiger partial charge in [0, 0.05) is 5.56 Å². The molecular weight excluding hydrogens is 333 g/mol. The van der Waals surface area contributed by atoms with Gasteiger partial charge in [-0.3, -0.25) is 9.35 Å². The fourth-order valence-corrected chi connectivity index (χ4v) is 3.24. The Labute approximate surface area is 130 Å². The van der Waals surface area contributed by atoms with Crippen molar-refractivity contribution in [1.82, 2.24) is 0 Å². The minimum Gasteiger partial charge on any atom is -0.298 e. The van der Waals surface area contributed by atoms with Crippen molar-refractivity contribution in [1.29, 1.82) is 0 Å². The molecule has 0 fully saturated rings. The molecule has 4 nitrogen and oxygen atoms in total. The first kappa shape index (κ1) is 17.2. The summed E-state index contributed by atoms with van der Waals surface area (Å²) in [6.07, 6.45) is -5.34. The van der Waals surface area contributed by atoms with Crippen LogP contribution in [0.5, 0.6) is 0 Å². The molecule has 0 aliphatic carbocycles. The number of hydrogen-bond acceptors (Lipinski definition) is 3. The Balaban J connectivity index is 2.76. The van der Waals surface area contributed by atoms with Gasteiger partial charge in [0.05, 0.1) is 5.56 Å². The average Bonchev–Trinajstić information content (AvgIpc) is 2.45. The summed E-state index contributed by atoms with van der Waals surface area (Å²) in [5.41, 5.74) is -2.17. The lowest BCUT2D eigenvalue weighted by Gasteiger charge is -2.17. The van der Waals surface area contributed by atoms with Gasteiger partial charge in [0.25, 0.3) is 10.1 Å². The fourth-order valence-electron chi connectivity index (χ4n) is 2.28.